The highest BCUT2D eigenvalue weighted by molar-refractivity contribution is 6.31. The van der Waals surface area contributed by atoms with Crippen LogP contribution in [-0.2, 0) is 0 Å². The molecule has 0 aliphatic carbocycles. The van der Waals surface area contributed by atoms with Crippen molar-refractivity contribution in [1.82, 2.24) is 15.2 Å². The minimum absolute atomic E-state index is 0.474. The molecule has 0 fully saturated rings. The summed E-state index contributed by atoms with van der Waals surface area (Å²) in [4.78, 5) is 3.16. The summed E-state index contributed by atoms with van der Waals surface area (Å²) in [6.45, 7) is 0. The first-order chi connectivity index (χ1) is 7.33. The lowest BCUT2D eigenvalue weighted by Crippen LogP contribution is -1.76. The van der Waals surface area contributed by atoms with E-state index >= 15 is 0 Å². The Balaban J connectivity index is 2.22. The molecule has 0 aliphatic heterocycles. The number of hydrogen-bond donors (Lipinski definition) is 1. The Morgan fingerprint density at radius 3 is 3.00 bits per heavy atom. The molecular weight excluding hydrogens is 214 g/mol. The standard InChI is InChI=1S/C10H6ClN3O/c11-7-2-1-6-3-9(13-8(6)4-7)10-14-12-5-15-10/h1-5,13H. The van der Waals surface area contributed by atoms with Crippen LogP contribution in [-0.4, -0.2) is 15.2 Å². The highest BCUT2D eigenvalue weighted by Gasteiger charge is 2.07. The molecule has 15 heavy (non-hydrogen) atoms. The molecule has 0 atom stereocenters. The Labute approximate surface area is 89.9 Å². The summed E-state index contributed by atoms with van der Waals surface area (Å²) in [6, 6.07) is 7.58. The summed E-state index contributed by atoms with van der Waals surface area (Å²) in [7, 11) is 0. The molecule has 1 N–H and O–H groups in total. The molecule has 3 aromatic rings. The van der Waals surface area contributed by atoms with E-state index in [0.29, 0.717) is 10.9 Å². The van der Waals surface area contributed by atoms with E-state index < -0.39 is 0 Å². The van der Waals surface area contributed by atoms with Crippen LogP contribution in [0.4, 0.5) is 0 Å². The van der Waals surface area contributed by atoms with Gasteiger partial charge in [0.2, 0.25) is 6.39 Å². The van der Waals surface area contributed by atoms with Gasteiger partial charge in [0.25, 0.3) is 5.89 Å². The molecule has 74 valence electrons. The number of fused-ring (bicyclic) bond motifs is 1. The van der Waals surface area contributed by atoms with Gasteiger partial charge in [-0.2, -0.15) is 0 Å². The van der Waals surface area contributed by atoms with E-state index in [1.165, 1.54) is 6.39 Å². The molecule has 4 nitrogen and oxygen atoms in total. The molecule has 2 heterocycles. The van der Waals surface area contributed by atoms with Crippen molar-refractivity contribution in [3.05, 3.63) is 35.7 Å². The first kappa shape index (κ1) is 8.49. The second-order valence-electron chi connectivity index (χ2n) is 3.16. The molecule has 3 rings (SSSR count). The maximum Gasteiger partial charge on any atom is 0.263 e. The van der Waals surface area contributed by atoms with Crippen molar-refractivity contribution in [2.24, 2.45) is 0 Å². The highest BCUT2D eigenvalue weighted by atomic mass is 35.5. The smallest absolute Gasteiger partial charge is 0.263 e. The van der Waals surface area contributed by atoms with Crippen LogP contribution >= 0.6 is 11.6 Å². The predicted octanol–water partition coefficient (Wildman–Crippen LogP) is 2.87. The van der Waals surface area contributed by atoms with Crippen LogP contribution in [0.2, 0.25) is 5.02 Å². The number of hydrogen-bond acceptors (Lipinski definition) is 3. The fraction of sp³-hybridized carbons (Fsp3) is 0. The monoisotopic (exact) mass is 219 g/mol. The minimum Gasteiger partial charge on any atom is -0.422 e. The van der Waals surface area contributed by atoms with Crippen molar-refractivity contribution < 1.29 is 4.42 Å². The number of nitrogens with one attached hydrogen (secondary N) is 1. The summed E-state index contributed by atoms with van der Waals surface area (Å²) in [6.07, 6.45) is 1.30. The zero-order valence-corrected chi connectivity index (χ0v) is 8.32. The molecule has 1 aromatic carbocycles. The average molecular weight is 220 g/mol. The summed E-state index contributed by atoms with van der Waals surface area (Å²) < 4.78 is 5.09. The van der Waals surface area contributed by atoms with Gasteiger partial charge in [0.05, 0.1) is 0 Å². The number of aromatic nitrogens is 3. The summed E-state index contributed by atoms with van der Waals surface area (Å²) >= 11 is 5.88. The molecule has 2 aromatic heterocycles. The van der Waals surface area contributed by atoms with Crippen LogP contribution in [0.1, 0.15) is 0 Å². The molecule has 0 amide bonds. The van der Waals surface area contributed by atoms with Gasteiger partial charge >= 0.3 is 0 Å². The maximum absolute atomic E-state index is 5.88. The molecule has 0 saturated carbocycles. The van der Waals surface area contributed by atoms with E-state index in [-0.39, 0.29) is 0 Å². The van der Waals surface area contributed by atoms with E-state index in [1.54, 1.807) is 0 Å². The summed E-state index contributed by atoms with van der Waals surface area (Å²) in [5.41, 5.74) is 1.75. The van der Waals surface area contributed by atoms with Gasteiger partial charge in [0, 0.05) is 15.9 Å². The predicted molar refractivity (Wildman–Crippen MR) is 56.6 cm³/mol. The van der Waals surface area contributed by atoms with Crippen molar-refractivity contribution in [1.29, 1.82) is 0 Å². The lowest BCUT2D eigenvalue weighted by atomic mass is 10.2. The van der Waals surface area contributed by atoms with E-state index in [9.17, 15) is 0 Å². The fourth-order valence-electron chi connectivity index (χ4n) is 1.50. The SMILES string of the molecule is Clc1ccc2cc(-c3nnco3)[nH]c2c1. The van der Waals surface area contributed by atoms with Gasteiger partial charge in [-0.1, -0.05) is 17.7 Å². The van der Waals surface area contributed by atoms with Crippen LogP contribution in [0.15, 0.2) is 35.1 Å². The summed E-state index contributed by atoms with van der Waals surface area (Å²) in [5, 5.41) is 9.21. The second kappa shape index (κ2) is 3.10. The van der Waals surface area contributed by atoms with Crippen molar-refractivity contribution in [2.45, 2.75) is 0 Å². The molecular formula is C10H6ClN3O. The third kappa shape index (κ3) is 1.39. The van der Waals surface area contributed by atoms with Gasteiger partial charge in [0.15, 0.2) is 0 Å². The maximum atomic E-state index is 5.88. The number of benzene rings is 1. The van der Waals surface area contributed by atoms with Gasteiger partial charge in [-0.05, 0) is 18.2 Å². The van der Waals surface area contributed by atoms with Gasteiger partial charge in [-0.15, -0.1) is 10.2 Å². The van der Waals surface area contributed by atoms with Crippen LogP contribution in [0.5, 0.6) is 0 Å². The quantitative estimate of drug-likeness (QED) is 0.685. The first-order valence-electron chi connectivity index (χ1n) is 4.38. The molecule has 0 spiro atoms. The van der Waals surface area contributed by atoms with Crippen molar-refractivity contribution in [2.75, 3.05) is 0 Å². The molecule has 5 heteroatoms. The largest absolute Gasteiger partial charge is 0.422 e. The topological polar surface area (TPSA) is 54.7 Å². The Morgan fingerprint density at radius 1 is 1.27 bits per heavy atom. The number of nitrogens with zero attached hydrogens (tertiary/aromatic N) is 2. The Hall–Kier alpha value is -1.81. The van der Waals surface area contributed by atoms with Crippen molar-refractivity contribution >= 4 is 22.5 Å². The highest BCUT2D eigenvalue weighted by Crippen LogP contribution is 2.24. The normalized spacial score (nSPS) is 11.0. The van der Waals surface area contributed by atoms with E-state index in [4.69, 9.17) is 16.0 Å². The molecule has 0 bridgehead atoms. The molecule has 0 unspecified atom stereocenters. The Morgan fingerprint density at radius 2 is 2.20 bits per heavy atom. The number of aromatic amines is 1. The second-order valence-corrected chi connectivity index (χ2v) is 3.59. The fourth-order valence-corrected chi connectivity index (χ4v) is 1.68. The molecule has 0 aliphatic rings. The minimum atomic E-state index is 0.474. The lowest BCUT2D eigenvalue weighted by molar-refractivity contribution is 0.567. The lowest BCUT2D eigenvalue weighted by Gasteiger charge is -1.89. The van der Waals surface area contributed by atoms with E-state index in [2.05, 4.69) is 15.2 Å². The third-order valence-electron chi connectivity index (χ3n) is 2.17. The molecule has 0 radical (unpaired) electrons. The van der Waals surface area contributed by atoms with Crippen molar-refractivity contribution in [3.8, 4) is 11.6 Å². The Kier molecular flexibility index (Phi) is 1.76. The molecule has 0 saturated heterocycles. The number of halogens is 1. The first-order valence-corrected chi connectivity index (χ1v) is 4.75. The van der Waals surface area contributed by atoms with E-state index in [0.717, 1.165) is 16.6 Å². The third-order valence-corrected chi connectivity index (χ3v) is 2.41. The van der Waals surface area contributed by atoms with Gasteiger partial charge in [-0.25, -0.2) is 0 Å². The van der Waals surface area contributed by atoms with Gasteiger partial charge in [0.1, 0.15) is 5.69 Å². The summed E-state index contributed by atoms with van der Waals surface area (Å²) in [5.74, 6) is 0.474. The Bertz CT molecular complexity index is 600. The van der Waals surface area contributed by atoms with Crippen molar-refractivity contribution in [3.63, 3.8) is 0 Å². The van der Waals surface area contributed by atoms with Crippen LogP contribution < -0.4 is 0 Å². The van der Waals surface area contributed by atoms with Crippen LogP contribution in [0.25, 0.3) is 22.5 Å². The average Bonchev–Trinajstić information content (AvgIpc) is 2.84. The van der Waals surface area contributed by atoms with Crippen LogP contribution in [0, 0.1) is 0 Å². The van der Waals surface area contributed by atoms with E-state index in [1.807, 2.05) is 24.3 Å². The van der Waals surface area contributed by atoms with Crippen LogP contribution in [0.3, 0.4) is 0 Å². The zero-order valence-electron chi connectivity index (χ0n) is 7.57. The zero-order chi connectivity index (χ0) is 10.3. The van der Waals surface area contributed by atoms with Gasteiger partial charge < -0.3 is 9.40 Å². The van der Waals surface area contributed by atoms with Gasteiger partial charge in [-0.3, -0.25) is 0 Å². The number of H-pyrrole nitrogens is 1. The number of rotatable bonds is 1.